The summed E-state index contributed by atoms with van der Waals surface area (Å²) in [5.74, 6) is 0. The normalized spacial score (nSPS) is 21.9. The van der Waals surface area contributed by atoms with E-state index in [9.17, 15) is 9.90 Å². The molecule has 0 aromatic heterocycles. The van der Waals surface area contributed by atoms with Crippen LogP contribution in [-0.4, -0.2) is 41.4 Å². The van der Waals surface area contributed by atoms with Crippen LogP contribution in [0.25, 0.3) is 0 Å². The summed E-state index contributed by atoms with van der Waals surface area (Å²) in [7, 11) is 0. The van der Waals surface area contributed by atoms with Crippen LogP contribution in [0.1, 0.15) is 39.2 Å². The number of benzene rings is 1. The van der Waals surface area contributed by atoms with Gasteiger partial charge in [-0.1, -0.05) is 30.3 Å². The first kappa shape index (κ1) is 16.8. The molecule has 1 fully saturated rings. The summed E-state index contributed by atoms with van der Waals surface area (Å²) in [6.45, 7) is 6.95. The van der Waals surface area contributed by atoms with E-state index in [0.29, 0.717) is 13.1 Å². The monoisotopic (exact) mass is 305 g/mol. The Hall–Kier alpha value is -1.55. The number of carbonyl (C=O) groups is 1. The molecule has 1 aromatic rings. The SMILES string of the molecule is CC(C)(C)OC(=O)N1CCC(CO)(CCc2ccccc2)C1. The van der Waals surface area contributed by atoms with Gasteiger partial charge >= 0.3 is 6.09 Å². The Morgan fingerprint density at radius 2 is 2.00 bits per heavy atom. The van der Waals surface area contributed by atoms with E-state index in [1.807, 2.05) is 39.0 Å². The van der Waals surface area contributed by atoms with Gasteiger partial charge in [0.1, 0.15) is 5.60 Å². The van der Waals surface area contributed by atoms with Crippen molar-refractivity contribution in [1.82, 2.24) is 4.90 Å². The number of aliphatic hydroxyl groups is 1. The molecular weight excluding hydrogens is 278 g/mol. The van der Waals surface area contributed by atoms with Crippen molar-refractivity contribution in [2.24, 2.45) is 5.41 Å². The quantitative estimate of drug-likeness (QED) is 0.929. The number of hydrogen-bond acceptors (Lipinski definition) is 3. The van der Waals surface area contributed by atoms with Crippen molar-refractivity contribution in [2.75, 3.05) is 19.7 Å². The predicted molar refractivity (Wildman–Crippen MR) is 86.7 cm³/mol. The Labute approximate surface area is 133 Å². The molecule has 1 aliphatic rings. The molecule has 0 saturated carbocycles. The molecule has 1 atom stereocenters. The Morgan fingerprint density at radius 1 is 1.32 bits per heavy atom. The van der Waals surface area contributed by atoms with Crippen molar-refractivity contribution in [3.8, 4) is 0 Å². The minimum Gasteiger partial charge on any atom is -0.444 e. The topological polar surface area (TPSA) is 49.8 Å². The molecule has 4 heteroatoms. The predicted octanol–water partition coefficient (Wildman–Crippen LogP) is 3.24. The van der Waals surface area contributed by atoms with Crippen molar-refractivity contribution >= 4 is 6.09 Å². The number of nitrogens with zero attached hydrogens (tertiary/aromatic N) is 1. The van der Waals surface area contributed by atoms with Crippen molar-refractivity contribution < 1.29 is 14.6 Å². The Balaban J connectivity index is 1.93. The number of rotatable bonds is 4. The fraction of sp³-hybridized carbons (Fsp3) is 0.611. The first-order valence-corrected chi connectivity index (χ1v) is 7.96. The highest BCUT2D eigenvalue weighted by molar-refractivity contribution is 5.68. The molecule has 1 N–H and O–H groups in total. The van der Waals surface area contributed by atoms with E-state index in [4.69, 9.17) is 4.74 Å². The summed E-state index contributed by atoms with van der Waals surface area (Å²) in [5.41, 5.74) is 0.587. The van der Waals surface area contributed by atoms with E-state index >= 15 is 0 Å². The Bertz CT molecular complexity index is 495. The summed E-state index contributed by atoms with van der Waals surface area (Å²) in [6, 6.07) is 10.3. The minimum atomic E-state index is -0.481. The first-order chi connectivity index (χ1) is 10.3. The van der Waals surface area contributed by atoms with Gasteiger partial charge in [0.05, 0.1) is 6.61 Å². The van der Waals surface area contributed by atoms with Crippen molar-refractivity contribution in [2.45, 2.75) is 45.6 Å². The van der Waals surface area contributed by atoms with Gasteiger partial charge < -0.3 is 14.7 Å². The summed E-state index contributed by atoms with van der Waals surface area (Å²) < 4.78 is 5.43. The lowest BCUT2D eigenvalue weighted by molar-refractivity contribution is 0.0250. The highest BCUT2D eigenvalue weighted by Crippen LogP contribution is 2.35. The molecule has 0 aliphatic carbocycles. The molecule has 1 aliphatic heterocycles. The molecular formula is C18H27NO3. The second-order valence-corrected chi connectivity index (χ2v) is 7.30. The second kappa shape index (κ2) is 6.69. The average molecular weight is 305 g/mol. The molecule has 0 radical (unpaired) electrons. The second-order valence-electron chi connectivity index (χ2n) is 7.30. The van der Waals surface area contributed by atoms with Crippen LogP contribution in [0.5, 0.6) is 0 Å². The summed E-state index contributed by atoms with van der Waals surface area (Å²) in [6.07, 6.45) is 2.36. The van der Waals surface area contributed by atoms with E-state index in [1.165, 1.54) is 5.56 Å². The molecule has 1 amide bonds. The van der Waals surface area contributed by atoms with Gasteiger partial charge in [0, 0.05) is 18.5 Å². The fourth-order valence-corrected chi connectivity index (χ4v) is 2.88. The van der Waals surface area contributed by atoms with Crippen LogP contribution in [0.2, 0.25) is 0 Å². The summed E-state index contributed by atoms with van der Waals surface area (Å²) >= 11 is 0. The lowest BCUT2D eigenvalue weighted by Crippen LogP contribution is -2.38. The fourth-order valence-electron chi connectivity index (χ4n) is 2.88. The molecule has 122 valence electrons. The van der Waals surface area contributed by atoms with Crippen LogP contribution in [0.4, 0.5) is 4.79 Å². The van der Waals surface area contributed by atoms with Crippen LogP contribution in [0.3, 0.4) is 0 Å². The third kappa shape index (κ3) is 4.47. The standard InChI is InChI=1S/C18H27NO3/c1-17(2,3)22-16(21)19-12-11-18(13-19,14-20)10-9-15-7-5-4-6-8-15/h4-8,20H,9-14H2,1-3H3. The zero-order valence-electron chi connectivity index (χ0n) is 13.8. The van der Waals surface area contributed by atoms with E-state index in [-0.39, 0.29) is 18.1 Å². The third-order valence-corrected chi connectivity index (χ3v) is 4.21. The van der Waals surface area contributed by atoms with E-state index in [2.05, 4.69) is 12.1 Å². The molecule has 22 heavy (non-hydrogen) atoms. The van der Waals surface area contributed by atoms with Gasteiger partial charge in [-0.3, -0.25) is 0 Å². The highest BCUT2D eigenvalue weighted by Gasteiger charge is 2.40. The van der Waals surface area contributed by atoms with Gasteiger partial charge in [0.25, 0.3) is 0 Å². The zero-order valence-corrected chi connectivity index (χ0v) is 13.8. The van der Waals surface area contributed by atoms with Crippen molar-refractivity contribution in [3.63, 3.8) is 0 Å². The van der Waals surface area contributed by atoms with E-state index in [0.717, 1.165) is 19.3 Å². The van der Waals surface area contributed by atoms with Crippen molar-refractivity contribution in [1.29, 1.82) is 0 Å². The van der Waals surface area contributed by atoms with E-state index < -0.39 is 5.60 Å². The van der Waals surface area contributed by atoms with Crippen LogP contribution in [0, 0.1) is 5.41 Å². The molecule has 0 bridgehead atoms. The van der Waals surface area contributed by atoms with Gasteiger partial charge in [-0.15, -0.1) is 0 Å². The van der Waals surface area contributed by atoms with Gasteiger partial charge in [0.2, 0.25) is 0 Å². The van der Waals surface area contributed by atoms with Crippen LogP contribution in [0.15, 0.2) is 30.3 Å². The number of ether oxygens (including phenoxy) is 1. The molecule has 1 heterocycles. The first-order valence-electron chi connectivity index (χ1n) is 7.96. The lowest BCUT2D eigenvalue weighted by atomic mass is 9.82. The average Bonchev–Trinajstić information content (AvgIpc) is 2.90. The maximum absolute atomic E-state index is 12.2. The number of aryl methyl sites for hydroxylation is 1. The lowest BCUT2D eigenvalue weighted by Gasteiger charge is -2.28. The number of aliphatic hydroxyl groups excluding tert-OH is 1. The maximum Gasteiger partial charge on any atom is 0.410 e. The maximum atomic E-state index is 12.2. The molecule has 1 unspecified atom stereocenters. The summed E-state index contributed by atoms with van der Waals surface area (Å²) in [5, 5.41) is 9.85. The van der Waals surface area contributed by atoms with Gasteiger partial charge in [-0.25, -0.2) is 4.79 Å². The molecule has 4 nitrogen and oxygen atoms in total. The minimum absolute atomic E-state index is 0.110. The number of hydrogen-bond donors (Lipinski definition) is 1. The van der Waals surface area contributed by atoms with Gasteiger partial charge in [-0.2, -0.15) is 0 Å². The van der Waals surface area contributed by atoms with Gasteiger partial charge in [-0.05, 0) is 45.6 Å². The zero-order chi connectivity index (χ0) is 16.2. The van der Waals surface area contributed by atoms with Gasteiger partial charge in [0.15, 0.2) is 0 Å². The molecule has 1 saturated heterocycles. The van der Waals surface area contributed by atoms with Crippen LogP contribution in [-0.2, 0) is 11.2 Å². The largest absolute Gasteiger partial charge is 0.444 e. The summed E-state index contributed by atoms with van der Waals surface area (Å²) in [4.78, 5) is 13.9. The number of amides is 1. The van der Waals surface area contributed by atoms with Crippen molar-refractivity contribution in [3.05, 3.63) is 35.9 Å². The third-order valence-electron chi connectivity index (χ3n) is 4.21. The molecule has 0 spiro atoms. The van der Waals surface area contributed by atoms with Crippen LogP contribution < -0.4 is 0 Å². The Morgan fingerprint density at radius 3 is 2.59 bits per heavy atom. The smallest absolute Gasteiger partial charge is 0.410 e. The van der Waals surface area contributed by atoms with E-state index in [1.54, 1.807) is 4.90 Å². The molecule has 1 aromatic carbocycles. The Kier molecular flexibility index (Phi) is 5.12. The molecule has 2 rings (SSSR count). The number of carbonyl (C=O) groups excluding carboxylic acids is 1. The van der Waals surface area contributed by atoms with Crippen LogP contribution >= 0.6 is 0 Å². The highest BCUT2D eigenvalue weighted by atomic mass is 16.6. The number of likely N-dealkylation sites (tertiary alicyclic amines) is 1.